The van der Waals surface area contributed by atoms with E-state index in [1.165, 1.54) is 4.88 Å². The van der Waals surface area contributed by atoms with E-state index in [0.29, 0.717) is 11.1 Å². The van der Waals surface area contributed by atoms with Gasteiger partial charge in [0.1, 0.15) is 0 Å². The average Bonchev–Trinajstić information content (AvgIpc) is 3.09. The van der Waals surface area contributed by atoms with E-state index in [1.54, 1.807) is 29.8 Å². The second-order valence-electron chi connectivity index (χ2n) is 4.57. The van der Waals surface area contributed by atoms with Gasteiger partial charge >= 0.3 is 5.97 Å². The maximum Gasteiger partial charge on any atom is 0.337 e. The Morgan fingerprint density at radius 1 is 1.40 bits per heavy atom. The van der Waals surface area contributed by atoms with Crippen LogP contribution in [-0.4, -0.2) is 20.6 Å². The maximum atomic E-state index is 11.4. The van der Waals surface area contributed by atoms with E-state index in [2.05, 4.69) is 18.0 Å². The van der Waals surface area contributed by atoms with Crippen LogP contribution in [0.4, 0.5) is 0 Å². The molecule has 0 aliphatic carbocycles. The fourth-order valence-electron chi connectivity index (χ4n) is 2.51. The summed E-state index contributed by atoms with van der Waals surface area (Å²) in [6.07, 6.45) is 2.63. The molecule has 1 N–H and O–H groups in total. The Hall–Kier alpha value is -2.14. The lowest BCUT2D eigenvalue weighted by molar-refractivity contribution is 0.0698. The van der Waals surface area contributed by atoms with Gasteiger partial charge in [-0.25, -0.2) is 9.78 Å². The van der Waals surface area contributed by atoms with Gasteiger partial charge in [-0.15, -0.1) is 11.3 Å². The Balaban J connectivity index is 2.23. The number of carboxylic acids is 1. The molecule has 0 spiro atoms. The Bertz CT molecular complexity index is 746. The number of hydrogen-bond donors (Lipinski definition) is 1. The van der Waals surface area contributed by atoms with Gasteiger partial charge < -0.3 is 9.67 Å². The predicted octanol–water partition coefficient (Wildman–Crippen LogP) is 3.80. The molecular weight excluding hydrogens is 272 g/mol. The normalized spacial score (nSPS) is 12.7. The first-order valence-electron chi connectivity index (χ1n) is 6.44. The van der Waals surface area contributed by atoms with E-state index in [9.17, 15) is 9.90 Å². The number of carbonyl (C=O) groups is 1. The molecular formula is C15H14N2O2S. The molecule has 4 nitrogen and oxygen atoms in total. The van der Waals surface area contributed by atoms with Crippen LogP contribution < -0.4 is 0 Å². The van der Waals surface area contributed by atoms with Crippen molar-refractivity contribution in [3.05, 3.63) is 52.5 Å². The summed E-state index contributed by atoms with van der Waals surface area (Å²) in [6, 6.07) is 9.42. The number of nitrogens with zero attached hydrogens (tertiary/aromatic N) is 2. The third-order valence-electron chi connectivity index (χ3n) is 3.42. The Morgan fingerprint density at radius 2 is 2.25 bits per heavy atom. The molecule has 0 amide bonds. The van der Waals surface area contributed by atoms with Gasteiger partial charge in [0.2, 0.25) is 0 Å². The molecule has 5 heteroatoms. The van der Waals surface area contributed by atoms with E-state index in [0.717, 1.165) is 11.9 Å². The van der Waals surface area contributed by atoms with E-state index >= 15 is 0 Å². The molecule has 0 radical (unpaired) electrons. The maximum absolute atomic E-state index is 11.4. The van der Waals surface area contributed by atoms with Crippen LogP contribution in [0.2, 0.25) is 0 Å². The minimum absolute atomic E-state index is 0.125. The number of carboxylic acid groups (broad SMARTS) is 1. The number of thiophene rings is 1. The molecule has 1 aromatic carbocycles. The smallest absolute Gasteiger partial charge is 0.337 e. The number of imidazole rings is 1. The zero-order valence-electron chi connectivity index (χ0n) is 11.0. The van der Waals surface area contributed by atoms with Crippen LogP contribution in [0.1, 0.15) is 34.6 Å². The van der Waals surface area contributed by atoms with Crippen molar-refractivity contribution < 1.29 is 9.90 Å². The molecule has 0 saturated carbocycles. The second-order valence-corrected chi connectivity index (χ2v) is 5.55. The summed E-state index contributed by atoms with van der Waals surface area (Å²) in [7, 11) is 0. The molecule has 102 valence electrons. The second kappa shape index (κ2) is 5.09. The quantitative estimate of drug-likeness (QED) is 0.793. The summed E-state index contributed by atoms with van der Waals surface area (Å²) < 4.78 is 1.98. The highest BCUT2D eigenvalue weighted by molar-refractivity contribution is 7.10. The Labute approximate surface area is 120 Å². The van der Waals surface area contributed by atoms with Gasteiger partial charge in [0, 0.05) is 4.88 Å². The van der Waals surface area contributed by atoms with Crippen LogP contribution >= 0.6 is 11.3 Å². The highest BCUT2D eigenvalue weighted by atomic mass is 32.1. The Morgan fingerprint density at radius 3 is 2.90 bits per heavy atom. The van der Waals surface area contributed by atoms with Crippen LogP contribution in [0.5, 0.6) is 0 Å². The molecule has 20 heavy (non-hydrogen) atoms. The molecule has 0 saturated heterocycles. The number of hydrogen-bond acceptors (Lipinski definition) is 3. The average molecular weight is 286 g/mol. The van der Waals surface area contributed by atoms with Crippen LogP contribution in [0.25, 0.3) is 11.0 Å². The van der Waals surface area contributed by atoms with Crippen LogP contribution in [0, 0.1) is 0 Å². The van der Waals surface area contributed by atoms with Crippen LogP contribution in [-0.2, 0) is 0 Å². The van der Waals surface area contributed by atoms with Gasteiger partial charge in [0.05, 0.1) is 29.0 Å². The number of aromatic nitrogens is 2. The van der Waals surface area contributed by atoms with E-state index in [1.807, 2.05) is 22.1 Å². The molecule has 0 aliphatic heterocycles. The number of fused-ring (bicyclic) bond motifs is 1. The van der Waals surface area contributed by atoms with Crippen LogP contribution in [0.3, 0.4) is 0 Å². The van der Waals surface area contributed by atoms with E-state index in [-0.39, 0.29) is 6.04 Å². The highest BCUT2D eigenvalue weighted by Crippen LogP contribution is 2.30. The number of benzene rings is 1. The van der Waals surface area contributed by atoms with Crippen molar-refractivity contribution in [2.24, 2.45) is 0 Å². The predicted molar refractivity (Wildman–Crippen MR) is 79.4 cm³/mol. The summed E-state index contributed by atoms with van der Waals surface area (Å²) in [6.45, 7) is 2.10. The van der Waals surface area contributed by atoms with Gasteiger partial charge in [-0.1, -0.05) is 19.1 Å². The molecule has 0 bridgehead atoms. The molecule has 0 aliphatic rings. The fourth-order valence-corrected chi connectivity index (χ4v) is 3.42. The summed E-state index contributed by atoms with van der Waals surface area (Å²) in [5.41, 5.74) is 1.72. The van der Waals surface area contributed by atoms with Gasteiger partial charge in [0.15, 0.2) is 0 Å². The zero-order valence-corrected chi connectivity index (χ0v) is 11.8. The molecule has 3 rings (SSSR count). The van der Waals surface area contributed by atoms with Crippen molar-refractivity contribution in [2.45, 2.75) is 19.4 Å². The topological polar surface area (TPSA) is 55.1 Å². The lowest BCUT2D eigenvalue weighted by atomic mass is 10.1. The summed E-state index contributed by atoms with van der Waals surface area (Å²) in [5.74, 6) is -0.918. The highest BCUT2D eigenvalue weighted by Gasteiger charge is 2.19. The fraction of sp³-hybridized carbons (Fsp3) is 0.200. The minimum atomic E-state index is -0.918. The molecule has 0 fully saturated rings. The van der Waals surface area contributed by atoms with Crippen molar-refractivity contribution in [1.29, 1.82) is 0 Å². The first-order valence-corrected chi connectivity index (χ1v) is 7.32. The van der Waals surface area contributed by atoms with E-state index in [4.69, 9.17) is 0 Å². The number of para-hydroxylation sites is 1. The minimum Gasteiger partial charge on any atom is -0.478 e. The number of rotatable bonds is 4. The van der Waals surface area contributed by atoms with E-state index < -0.39 is 5.97 Å². The van der Waals surface area contributed by atoms with Crippen molar-refractivity contribution in [3.63, 3.8) is 0 Å². The number of aromatic carboxylic acids is 1. The van der Waals surface area contributed by atoms with Gasteiger partial charge in [-0.2, -0.15) is 0 Å². The first-order chi connectivity index (χ1) is 9.72. The summed E-state index contributed by atoms with van der Waals surface area (Å²) in [4.78, 5) is 17.0. The Kier molecular flexibility index (Phi) is 3.28. The molecule has 1 unspecified atom stereocenters. The first kappa shape index (κ1) is 12.9. The van der Waals surface area contributed by atoms with Crippen molar-refractivity contribution >= 4 is 28.3 Å². The largest absolute Gasteiger partial charge is 0.478 e. The zero-order chi connectivity index (χ0) is 14.1. The van der Waals surface area contributed by atoms with Gasteiger partial charge in [0.25, 0.3) is 0 Å². The summed E-state index contributed by atoms with van der Waals surface area (Å²) >= 11 is 1.68. The van der Waals surface area contributed by atoms with Gasteiger partial charge in [-0.3, -0.25) is 0 Å². The summed E-state index contributed by atoms with van der Waals surface area (Å²) in [5, 5.41) is 11.4. The molecule has 2 heterocycles. The van der Waals surface area contributed by atoms with Gasteiger partial charge in [-0.05, 0) is 30.0 Å². The third kappa shape index (κ3) is 2.00. The molecule has 2 aromatic heterocycles. The third-order valence-corrected chi connectivity index (χ3v) is 4.39. The lowest BCUT2D eigenvalue weighted by Crippen LogP contribution is -2.09. The van der Waals surface area contributed by atoms with Crippen molar-refractivity contribution in [2.75, 3.05) is 0 Å². The van der Waals surface area contributed by atoms with Crippen molar-refractivity contribution in [1.82, 2.24) is 9.55 Å². The molecule has 1 atom stereocenters. The lowest BCUT2D eigenvalue weighted by Gasteiger charge is -2.17. The SMILES string of the molecule is CCC(c1cccs1)n1cnc2cccc(C(=O)O)c21. The monoisotopic (exact) mass is 286 g/mol. The standard InChI is InChI=1S/C15H14N2O2S/c1-2-12(13-7-4-8-20-13)17-9-16-11-6-3-5-10(14(11)17)15(18)19/h3-9,12H,2H2,1H3,(H,18,19). The van der Waals surface area contributed by atoms with Crippen LogP contribution in [0.15, 0.2) is 42.0 Å². The molecule has 3 aromatic rings. The van der Waals surface area contributed by atoms with Crippen molar-refractivity contribution in [3.8, 4) is 0 Å².